The summed E-state index contributed by atoms with van der Waals surface area (Å²) in [6, 6.07) is 16.9. The van der Waals surface area contributed by atoms with Crippen LogP contribution in [-0.4, -0.2) is 5.97 Å². The Morgan fingerprint density at radius 1 is 1.19 bits per heavy atom. The van der Waals surface area contributed by atoms with Crippen molar-refractivity contribution >= 4 is 12.0 Å². The zero-order chi connectivity index (χ0) is 15.1. The Labute approximate surface area is 124 Å². The number of carbonyl (C=O) groups is 1. The molecule has 0 amide bonds. The van der Waals surface area contributed by atoms with Gasteiger partial charge in [0.2, 0.25) is 0 Å². The second-order valence-electron chi connectivity index (χ2n) is 4.57. The van der Waals surface area contributed by atoms with E-state index in [1.165, 1.54) is 6.08 Å². The minimum atomic E-state index is -0.425. The highest BCUT2D eigenvalue weighted by molar-refractivity contribution is 5.87. The highest BCUT2D eigenvalue weighted by Crippen LogP contribution is 2.11. The van der Waals surface area contributed by atoms with Gasteiger partial charge in [-0.1, -0.05) is 42.5 Å². The summed E-state index contributed by atoms with van der Waals surface area (Å²) < 4.78 is 5.16. The third-order valence-electron chi connectivity index (χ3n) is 3.10. The molecule has 0 saturated carbocycles. The maximum atomic E-state index is 11.7. The number of benzene rings is 2. The number of aryl methyl sites for hydroxylation is 1. The van der Waals surface area contributed by atoms with E-state index >= 15 is 0 Å². The number of esters is 1. The van der Waals surface area contributed by atoms with Crippen molar-refractivity contribution in [3.63, 3.8) is 0 Å². The molecule has 21 heavy (non-hydrogen) atoms. The summed E-state index contributed by atoms with van der Waals surface area (Å²) in [7, 11) is 0. The summed E-state index contributed by atoms with van der Waals surface area (Å²) in [6.45, 7) is 2.08. The van der Waals surface area contributed by atoms with E-state index in [0.717, 1.165) is 11.1 Å². The predicted octanol–water partition coefficient (Wildman–Crippen LogP) is 3.62. The minimum absolute atomic E-state index is 0.0979. The van der Waals surface area contributed by atoms with Crippen LogP contribution in [0.25, 0.3) is 6.08 Å². The van der Waals surface area contributed by atoms with Crippen LogP contribution in [0.3, 0.4) is 0 Å². The van der Waals surface area contributed by atoms with Gasteiger partial charge < -0.3 is 4.74 Å². The Bertz CT molecular complexity index is 711. The van der Waals surface area contributed by atoms with Gasteiger partial charge in [-0.2, -0.15) is 5.26 Å². The van der Waals surface area contributed by atoms with Crippen LogP contribution in [0.4, 0.5) is 0 Å². The van der Waals surface area contributed by atoms with Gasteiger partial charge in [0, 0.05) is 11.6 Å². The summed E-state index contributed by atoms with van der Waals surface area (Å²) >= 11 is 0. The zero-order valence-electron chi connectivity index (χ0n) is 11.7. The molecule has 0 unspecified atom stereocenters. The Balaban J connectivity index is 1.97. The molecule has 0 N–H and O–H groups in total. The highest BCUT2D eigenvalue weighted by Gasteiger charge is 2.03. The van der Waals surface area contributed by atoms with Crippen LogP contribution in [0.5, 0.6) is 0 Å². The molecule has 0 saturated heterocycles. The molecule has 0 heterocycles. The Kier molecular flexibility index (Phi) is 4.89. The summed E-state index contributed by atoms with van der Waals surface area (Å²) in [4.78, 5) is 11.7. The molecule has 0 aromatic heterocycles. The van der Waals surface area contributed by atoms with E-state index in [4.69, 9.17) is 10.00 Å². The van der Waals surface area contributed by atoms with Crippen molar-refractivity contribution in [3.8, 4) is 6.07 Å². The molecule has 0 bridgehead atoms. The molecule has 0 aliphatic heterocycles. The first-order valence-electron chi connectivity index (χ1n) is 6.59. The fraction of sp³-hybridized carbons (Fsp3) is 0.111. The highest BCUT2D eigenvalue weighted by atomic mass is 16.5. The number of nitriles is 1. The molecule has 104 valence electrons. The number of hydrogen-bond acceptors (Lipinski definition) is 3. The smallest absolute Gasteiger partial charge is 0.331 e. The molecule has 0 radical (unpaired) electrons. The maximum Gasteiger partial charge on any atom is 0.331 e. The second kappa shape index (κ2) is 7.06. The average Bonchev–Trinajstić information content (AvgIpc) is 2.52. The van der Waals surface area contributed by atoms with E-state index in [9.17, 15) is 4.79 Å². The lowest BCUT2D eigenvalue weighted by molar-refractivity contribution is -0.138. The van der Waals surface area contributed by atoms with Crippen molar-refractivity contribution in [2.45, 2.75) is 13.5 Å². The lowest BCUT2D eigenvalue weighted by Crippen LogP contribution is -2.02. The van der Waals surface area contributed by atoms with E-state index in [1.807, 2.05) is 37.3 Å². The number of nitrogens with zero attached hydrogens (tertiary/aromatic N) is 1. The molecule has 2 rings (SSSR count). The SMILES string of the molecule is Cc1ccccc1/C=C/C(=O)OCc1ccccc1C#N. The van der Waals surface area contributed by atoms with Gasteiger partial charge in [-0.3, -0.25) is 0 Å². The average molecular weight is 277 g/mol. The fourth-order valence-corrected chi connectivity index (χ4v) is 1.88. The molecular weight excluding hydrogens is 262 g/mol. The zero-order valence-corrected chi connectivity index (χ0v) is 11.7. The van der Waals surface area contributed by atoms with Crippen LogP contribution in [0.1, 0.15) is 22.3 Å². The van der Waals surface area contributed by atoms with Gasteiger partial charge in [-0.25, -0.2) is 4.79 Å². The maximum absolute atomic E-state index is 11.7. The fourth-order valence-electron chi connectivity index (χ4n) is 1.88. The normalized spacial score (nSPS) is 10.3. The molecule has 3 heteroatoms. The molecule has 3 nitrogen and oxygen atoms in total. The van der Waals surface area contributed by atoms with E-state index in [-0.39, 0.29) is 6.61 Å². The second-order valence-corrected chi connectivity index (χ2v) is 4.57. The monoisotopic (exact) mass is 277 g/mol. The number of ether oxygens (including phenoxy) is 1. The topological polar surface area (TPSA) is 50.1 Å². The van der Waals surface area contributed by atoms with Crippen molar-refractivity contribution in [2.24, 2.45) is 0 Å². The van der Waals surface area contributed by atoms with E-state index < -0.39 is 5.97 Å². The van der Waals surface area contributed by atoms with E-state index in [2.05, 4.69) is 6.07 Å². The summed E-state index contributed by atoms with van der Waals surface area (Å²) in [6.07, 6.45) is 3.13. The Morgan fingerprint density at radius 3 is 2.67 bits per heavy atom. The van der Waals surface area contributed by atoms with Gasteiger partial charge in [-0.05, 0) is 30.2 Å². The molecule has 0 fully saturated rings. The first-order valence-corrected chi connectivity index (χ1v) is 6.59. The van der Waals surface area contributed by atoms with Gasteiger partial charge in [0.05, 0.1) is 11.6 Å². The molecule has 0 aliphatic carbocycles. The number of hydrogen-bond donors (Lipinski definition) is 0. The van der Waals surface area contributed by atoms with E-state index in [1.54, 1.807) is 24.3 Å². The lowest BCUT2D eigenvalue weighted by Gasteiger charge is -2.04. The van der Waals surface area contributed by atoms with Gasteiger partial charge >= 0.3 is 5.97 Å². The summed E-state index contributed by atoms with van der Waals surface area (Å²) in [5.41, 5.74) is 3.30. The Hall–Kier alpha value is -2.86. The van der Waals surface area contributed by atoms with Crippen molar-refractivity contribution < 1.29 is 9.53 Å². The van der Waals surface area contributed by atoms with Crippen molar-refractivity contribution in [1.82, 2.24) is 0 Å². The van der Waals surface area contributed by atoms with Crippen molar-refractivity contribution in [1.29, 1.82) is 5.26 Å². The van der Waals surface area contributed by atoms with Gasteiger partial charge in [0.25, 0.3) is 0 Å². The molecule has 0 atom stereocenters. The third-order valence-corrected chi connectivity index (χ3v) is 3.10. The summed E-state index contributed by atoms with van der Waals surface area (Å²) in [5.74, 6) is -0.425. The minimum Gasteiger partial charge on any atom is -0.458 e. The van der Waals surface area contributed by atoms with Gasteiger partial charge in [0.15, 0.2) is 0 Å². The number of rotatable bonds is 4. The Morgan fingerprint density at radius 2 is 1.90 bits per heavy atom. The van der Waals surface area contributed by atoms with Crippen LogP contribution in [-0.2, 0) is 16.1 Å². The van der Waals surface area contributed by atoms with Gasteiger partial charge in [-0.15, -0.1) is 0 Å². The first-order chi connectivity index (χ1) is 10.2. The van der Waals surface area contributed by atoms with Crippen LogP contribution < -0.4 is 0 Å². The number of carbonyl (C=O) groups excluding carboxylic acids is 1. The summed E-state index contributed by atoms with van der Waals surface area (Å²) in [5, 5.41) is 8.96. The third kappa shape index (κ3) is 4.05. The largest absolute Gasteiger partial charge is 0.458 e. The molecule has 0 aliphatic rings. The molecular formula is C18H15NO2. The van der Waals surface area contributed by atoms with E-state index in [0.29, 0.717) is 11.1 Å². The predicted molar refractivity (Wildman–Crippen MR) is 81.2 cm³/mol. The molecule has 2 aromatic carbocycles. The van der Waals surface area contributed by atoms with Crippen molar-refractivity contribution in [2.75, 3.05) is 0 Å². The first kappa shape index (κ1) is 14.5. The standard InChI is InChI=1S/C18H15NO2/c1-14-6-2-3-7-15(14)10-11-18(20)21-13-17-9-5-4-8-16(17)12-19/h2-11H,13H2,1H3/b11-10+. The van der Waals surface area contributed by atoms with Crippen LogP contribution in [0, 0.1) is 18.3 Å². The quantitative estimate of drug-likeness (QED) is 0.633. The van der Waals surface area contributed by atoms with Crippen LogP contribution in [0.2, 0.25) is 0 Å². The van der Waals surface area contributed by atoms with Gasteiger partial charge in [0.1, 0.15) is 6.61 Å². The van der Waals surface area contributed by atoms with Crippen LogP contribution in [0.15, 0.2) is 54.6 Å². The lowest BCUT2D eigenvalue weighted by atomic mass is 10.1. The van der Waals surface area contributed by atoms with Crippen molar-refractivity contribution in [3.05, 3.63) is 76.9 Å². The molecule has 0 spiro atoms. The molecule has 2 aromatic rings. The van der Waals surface area contributed by atoms with Crippen LogP contribution >= 0.6 is 0 Å².